The molecule has 0 aromatic rings. The summed E-state index contributed by atoms with van der Waals surface area (Å²) >= 11 is 0. The van der Waals surface area contributed by atoms with Crippen molar-refractivity contribution in [3.05, 3.63) is 0 Å². The van der Waals surface area contributed by atoms with Gasteiger partial charge in [-0.15, -0.1) is 0 Å². The highest BCUT2D eigenvalue weighted by Gasteiger charge is 2.39. The molecular formula is C8H16O3. The Kier molecular flexibility index (Phi) is 2.87. The normalized spacial score (nSPS) is 31.9. The predicted octanol–water partition coefficient (Wildman–Crippen LogP) is 1.17. The highest BCUT2D eigenvalue weighted by Crippen LogP contribution is 2.26. The van der Waals surface area contributed by atoms with Gasteiger partial charge in [-0.05, 0) is 20.8 Å². The molecule has 2 atom stereocenters. The molecule has 0 aromatic heterocycles. The van der Waals surface area contributed by atoms with Gasteiger partial charge in [-0.25, -0.2) is 0 Å². The zero-order chi connectivity index (χ0) is 8.32. The lowest BCUT2D eigenvalue weighted by Crippen LogP contribution is -2.21. The van der Waals surface area contributed by atoms with Crippen molar-refractivity contribution in [2.45, 2.75) is 32.7 Å². The summed E-state index contributed by atoms with van der Waals surface area (Å²) in [6.07, 6.45) is -0.110. The Balaban J connectivity index is 2.01. The van der Waals surface area contributed by atoms with Crippen LogP contribution >= 0.6 is 0 Å². The largest absolute Gasteiger partial charge is 0.367 e. The minimum atomic E-state index is -0.110. The van der Waals surface area contributed by atoms with Gasteiger partial charge in [0.15, 0.2) is 6.29 Å². The van der Waals surface area contributed by atoms with Gasteiger partial charge in [-0.1, -0.05) is 0 Å². The number of epoxide rings is 1. The van der Waals surface area contributed by atoms with Gasteiger partial charge in [0.05, 0.1) is 13.2 Å². The zero-order valence-corrected chi connectivity index (χ0v) is 7.42. The van der Waals surface area contributed by atoms with Crippen molar-refractivity contribution in [3.8, 4) is 0 Å². The molecule has 1 saturated heterocycles. The summed E-state index contributed by atoms with van der Waals surface area (Å²) in [6.45, 7) is 8.02. The Labute approximate surface area is 67.6 Å². The van der Waals surface area contributed by atoms with E-state index < -0.39 is 0 Å². The highest BCUT2D eigenvalue weighted by molar-refractivity contribution is 4.86. The van der Waals surface area contributed by atoms with Crippen LogP contribution in [0.15, 0.2) is 0 Å². The molecule has 0 radical (unpaired) electrons. The van der Waals surface area contributed by atoms with E-state index in [4.69, 9.17) is 14.2 Å². The first kappa shape index (κ1) is 8.97. The summed E-state index contributed by atoms with van der Waals surface area (Å²) in [7, 11) is 0. The maximum Gasteiger partial charge on any atom is 0.154 e. The van der Waals surface area contributed by atoms with Crippen LogP contribution in [0, 0.1) is 0 Å². The molecule has 1 fully saturated rings. The SMILES string of the molecule is CCOC(C)OC[C@]1(C)CO1. The average molecular weight is 160 g/mol. The third-order valence-electron chi connectivity index (χ3n) is 1.66. The van der Waals surface area contributed by atoms with Crippen molar-refractivity contribution in [2.24, 2.45) is 0 Å². The molecule has 1 aliphatic heterocycles. The lowest BCUT2D eigenvalue weighted by Gasteiger charge is -2.13. The smallest absolute Gasteiger partial charge is 0.154 e. The van der Waals surface area contributed by atoms with Gasteiger partial charge in [0, 0.05) is 6.61 Å². The van der Waals surface area contributed by atoms with Crippen molar-refractivity contribution in [1.29, 1.82) is 0 Å². The predicted molar refractivity (Wildman–Crippen MR) is 41.4 cm³/mol. The molecule has 0 aliphatic carbocycles. The van der Waals surface area contributed by atoms with E-state index in [0.29, 0.717) is 13.2 Å². The van der Waals surface area contributed by atoms with Crippen LogP contribution < -0.4 is 0 Å². The maximum absolute atomic E-state index is 5.36. The summed E-state index contributed by atoms with van der Waals surface area (Å²) in [5.74, 6) is 0. The second-order valence-electron chi connectivity index (χ2n) is 3.07. The number of ether oxygens (including phenoxy) is 3. The Morgan fingerprint density at radius 3 is 2.64 bits per heavy atom. The fourth-order valence-corrected chi connectivity index (χ4v) is 0.783. The molecule has 0 spiro atoms. The van der Waals surface area contributed by atoms with E-state index >= 15 is 0 Å². The third-order valence-corrected chi connectivity index (χ3v) is 1.66. The first-order chi connectivity index (χ1) is 5.16. The van der Waals surface area contributed by atoms with Gasteiger partial charge >= 0.3 is 0 Å². The van der Waals surface area contributed by atoms with Gasteiger partial charge < -0.3 is 14.2 Å². The minimum Gasteiger partial charge on any atom is -0.367 e. The molecule has 1 heterocycles. The molecule has 11 heavy (non-hydrogen) atoms. The average Bonchev–Trinajstić information content (AvgIpc) is 2.66. The topological polar surface area (TPSA) is 31.0 Å². The van der Waals surface area contributed by atoms with Gasteiger partial charge in [0.1, 0.15) is 5.60 Å². The summed E-state index contributed by atoms with van der Waals surface area (Å²) in [5.41, 5.74) is -0.0225. The molecule has 1 aliphatic rings. The monoisotopic (exact) mass is 160 g/mol. The van der Waals surface area contributed by atoms with Gasteiger partial charge in [-0.2, -0.15) is 0 Å². The fraction of sp³-hybridized carbons (Fsp3) is 1.00. The summed E-state index contributed by atoms with van der Waals surface area (Å²) < 4.78 is 15.7. The maximum atomic E-state index is 5.36. The summed E-state index contributed by atoms with van der Waals surface area (Å²) in [4.78, 5) is 0. The quantitative estimate of drug-likeness (QED) is 0.447. The molecule has 3 heteroatoms. The molecular weight excluding hydrogens is 144 g/mol. The van der Waals surface area contributed by atoms with Gasteiger partial charge in [0.25, 0.3) is 0 Å². The van der Waals surface area contributed by atoms with E-state index in [0.717, 1.165) is 6.61 Å². The molecule has 3 nitrogen and oxygen atoms in total. The number of hydrogen-bond acceptors (Lipinski definition) is 3. The molecule has 1 unspecified atom stereocenters. The van der Waals surface area contributed by atoms with E-state index in [2.05, 4.69) is 0 Å². The first-order valence-corrected chi connectivity index (χ1v) is 4.03. The molecule has 0 amide bonds. The summed E-state index contributed by atoms with van der Waals surface area (Å²) in [6, 6.07) is 0. The van der Waals surface area contributed by atoms with E-state index in [9.17, 15) is 0 Å². The molecule has 0 aromatic carbocycles. The van der Waals surface area contributed by atoms with Crippen LogP contribution in [0.2, 0.25) is 0 Å². The van der Waals surface area contributed by atoms with Crippen LogP contribution in [-0.4, -0.2) is 31.7 Å². The minimum absolute atomic E-state index is 0.0225. The van der Waals surface area contributed by atoms with E-state index in [1.165, 1.54) is 0 Å². The Bertz CT molecular complexity index is 121. The van der Waals surface area contributed by atoms with E-state index in [1.807, 2.05) is 20.8 Å². The first-order valence-electron chi connectivity index (χ1n) is 4.03. The second-order valence-corrected chi connectivity index (χ2v) is 3.07. The Morgan fingerprint density at radius 2 is 2.18 bits per heavy atom. The van der Waals surface area contributed by atoms with Crippen molar-refractivity contribution in [1.82, 2.24) is 0 Å². The van der Waals surface area contributed by atoms with Crippen LogP contribution in [0.1, 0.15) is 20.8 Å². The lowest BCUT2D eigenvalue weighted by molar-refractivity contribution is -0.136. The van der Waals surface area contributed by atoms with E-state index in [1.54, 1.807) is 0 Å². The van der Waals surface area contributed by atoms with E-state index in [-0.39, 0.29) is 11.9 Å². The highest BCUT2D eigenvalue weighted by atomic mass is 16.7. The Hall–Kier alpha value is -0.120. The van der Waals surface area contributed by atoms with Crippen molar-refractivity contribution in [3.63, 3.8) is 0 Å². The standard InChI is InChI=1S/C8H16O3/c1-4-9-7(2)10-5-8(3)6-11-8/h7H,4-6H2,1-3H3/t7?,8-/m1/s1. The van der Waals surface area contributed by atoms with Crippen molar-refractivity contribution < 1.29 is 14.2 Å². The van der Waals surface area contributed by atoms with Crippen LogP contribution in [0.25, 0.3) is 0 Å². The second kappa shape index (κ2) is 3.52. The van der Waals surface area contributed by atoms with Crippen molar-refractivity contribution in [2.75, 3.05) is 19.8 Å². The van der Waals surface area contributed by atoms with Crippen molar-refractivity contribution >= 4 is 0 Å². The Morgan fingerprint density at radius 1 is 1.55 bits per heavy atom. The molecule has 0 N–H and O–H groups in total. The van der Waals surface area contributed by atoms with Gasteiger partial charge in [-0.3, -0.25) is 0 Å². The number of rotatable bonds is 5. The summed E-state index contributed by atoms with van der Waals surface area (Å²) in [5, 5.41) is 0. The van der Waals surface area contributed by atoms with Gasteiger partial charge in [0.2, 0.25) is 0 Å². The molecule has 1 rings (SSSR count). The molecule has 66 valence electrons. The lowest BCUT2D eigenvalue weighted by atomic mass is 10.2. The van der Waals surface area contributed by atoms with Crippen LogP contribution in [0.5, 0.6) is 0 Å². The third kappa shape index (κ3) is 3.18. The molecule has 0 bridgehead atoms. The van der Waals surface area contributed by atoms with Crippen LogP contribution in [0.4, 0.5) is 0 Å². The molecule has 0 saturated carbocycles. The number of hydrogen-bond donors (Lipinski definition) is 0. The fourth-order valence-electron chi connectivity index (χ4n) is 0.783. The van der Waals surface area contributed by atoms with Crippen LogP contribution in [0.3, 0.4) is 0 Å². The van der Waals surface area contributed by atoms with Crippen LogP contribution in [-0.2, 0) is 14.2 Å². The zero-order valence-electron chi connectivity index (χ0n) is 7.42.